The quantitative estimate of drug-likeness (QED) is 0.359. The molecule has 3 aromatic carbocycles. The van der Waals surface area contributed by atoms with Crippen molar-refractivity contribution in [1.29, 1.82) is 0 Å². The molecule has 29 heavy (non-hydrogen) atoms. The molecule has 0 saturated heterocycles. The van der Waals surface area contributed by atoms with Crippen LogP contribution in [0.1, 0.15) is 5.56 Å². The third-order valence-electron chi connectivity index (χ3n) is 4.27. The van der Waals surface area contributed by atoms with Gasteiger partial charge in [-0.05, 0) is 55.0 Å². The molecule has 0 aliphatic heterocycles. The van der Waals surface area contributed by atoms with Gasteiger partial charge in [0.25, 0.3) is 15.7 Å². The topological polar surface area (TPSA) is 102 Å². The van der Waals surface area contributed by atoms with E-state index in [1.807, 2.05) is 19.1 Å². The molecule has 4 rings (SSSR count). The fourth-order valence-electron chi connectivity index (χ4n) is 2.81. The molecule has 0 fully saturated rings. The number of thiazole rings is 1. The number of aromatic nitrogens is 1. The number of non-ortho nitro benzene ring substituents is 1. The number of rotatable bonds is 5. The molecule has 0 unspecified atom stereocenters. The molecule has 4 aromatic rings. The van der Waals surface area contributed by atoms with Gasteiger partial charge in [-0.15, -0.1) is 11.3 Å². The zero-order valence-corrected chi connectivity index (χ0v) is 16.8. The van der Waals surface area contributed by atoms with Crippen LogP contribution >= 0.6 is 11.3 Å². The first-order valence-electron chi connectivity index (χ1n) is 8.57. The zero-order chi connectivity index (χ0) is 20.6. The lowest BCUT2D eigenvalue weighted by Crippen LogP contribution is -2.13. The molecule has 1 aromatic heterocycles. The Kier molecular flexibility index (Phi) is 4.77. The van der Waals surface area contributed by atoms with Crippen molar-refractivity contribution in [3.63, 3.8) is 0 Å². The summed E-state index contributed by atoms with van der Waals surface area (Å²) in [6, 6.07) is 17.8. The normalized spacial score (nSPS) is 11.5. The minimum atomic E-state index is -3.94. The second-order valence-corrected chi connectivity index (χ2v) is 9.14. The second-order valence-electron chi connectivity index (χ2n) is 6.43. The maximum absolute atomic E-state index is 12.5. The van der Waals surface area contributed by atoms with Crippen molar-refractivity contribution in [3.05, 3.63) is 82.4 Å². The Bertz CT molecular complexity index is 1330. The van der Waals surface area contributed by atoms with Gasteiger partial charge in [0.05, 0.1) is 20.0 Å². The maximum Gasteiger partial charge on any atom is 0.270 e. The lowest BCUT2D eigenvalue weighted by atomic mass is 10.2. The van der Waals surface area contributed by atoms with Gasteiger partial charge in [-0.1, -0.05) is 12.1 Å². The summed E-state index contributed by atoms with van der Waals surface area (Å²) in [6.45, 7) is 2.03. The summed E-state index contributed by atoms with van der Waals surface area (Å²) in [6.07, 6.45) is 0. The molecule has 146 valence electrons. The maximum atomic E-state index is 12.5. The lowest BCUT2D eigenvalue weighted by molar-refractivity contribution is -0.385. The molecule has 0 bridgehead atoms. The van der Waals surface area contributed by atoms with Gasteiger partial charge in [-0.25, -0.2) is 13.4 Å². The summed E-state index contributed by atoms with van der Waals surface area (Å²) in [5.74, 6) is 0. The number of anilines is 1. The standard InChI is InChI=1S/C20H15N3O4S2/c1-13-5-10-18-19(11-13)28-20(21-18)14-6-8-15(9-7-14)22-29(26,27)17-4-2-3-16(12-17)23(24)25/h2-12,22H,1H3. The van der Waals surface area contributed by atoms with Crippen molar-refractivity contribution in [1.82, 2.24) is 4.98 Å². The first-order chi connectivity index (χ1) is 13.8. The molecule has 1 N–H and O–H groups in total. The van der Waals surface area contributed by atoms with Gasteiger partial charge in [0.15, 0.2) is 0 Å². The third-order valence-corrected chi connectivity index (χ3v) is 6.71. The highest BCUT2D eigenvalue weighted by Gasteiger charge is 2.18. The van der Waals surface area contributed by atoms with Crippen LogP contribution in [0.4, 0.5) is 11.4 Å². The summed E-state index contributed by atoms with van der Waals surface area (Å²) in [5.41, 5.74) is 3.04. The monoisotopic (exact) mass is 425 g/mol. The van der Waals surface area contributed by atoms with Gasteiger partial charge in [0, 0.05) is 23.4 Å². The Balaban J connectivity index is 1.59. The Labute approximate surface area is 170 Å². The summed E-state index contributed by atoms with van der Waals surface area (Å²) >= 11 is 1.57. The number of benzene rings is 3. The molecule has 0 saturated carbocycles. The predicted octanol–water partition coefficient (Wildman–Crippen LogP) is 4.98. The average molecular weight is 425 g/mol. The molecule has 0 radical (unpaired) electrons. The Morgan fingerprint density at radius 3 is 2.52 bits per heavy atom. The predicted molar refractivity (Wildman–Crippen MR) is 114 cm³/mol. The number of nitro groups is 1. The third kappa shape index (κ3) is 3.96. The van der Waals surface area contributed by atoms with Crippen LogP contribution in [0.5, 0.6) is 0 Å². The number of nitrogens with zero attached hydrogens (tertiary/aromatic N) is 2. The molecular formula is C20H15N3O4S2. The number of hydrogen-bond acceptors (Lipinski definition) is 6. The fraction of sp³-hybridized carbons (Fsp3) is 0.0500. The highest BCUT2D eigenvalue weighted by molar-refractivity contribution is 7.92. The van der Waals surface area contributed by atoms with Gasteiger partial charge in [0.2, 0.25) is 0 Å². The number of fused-ring (bicyclic) bond motifs is 1. The van der Waals surface area contributed by atoms with E-state index < -0.39 is 14.9 Å². The van der Waals surface area contributed by atoms with E-state index in [-0.39, 0.29) is 10.6 Å². The van der Waals surface area contributed by atoms with Crippen LogP contribution in [-0.2, 0) is 10.0 Å². The van der Waals surface area contributed by atoms with E-state index in [1.165, 1.54) is 23.8 Å². The van der Waals surface area contributed by atoms with Crippen molar-refractivity contribution in [2.24, 2.45) is 0 Å². The van der Waals surface area contributed by atoms with Gasteiger partial charge >= 0.3 is 0 Å². The van der Waals surface area contributed by atoms with Crippen LogP contribution in [-0.4, -0.2) is 18.3 Å². The number of nitro benzene ring substituents is 1. The first kappa shape index (κ1) is 19.0. The van der Waals surface area contributed by atoms with Crippen LogP contribution in [0.25, 0.3) is 20.8 Å². The Morgan fingerprint density at radius 1 is 1.03 bits per heavy atom. The number of sulfonamides is 1. The summed E-state index contributed by atoms with van der Waals surface area (Å²) in [5, 5.41) is 11.7. The van der Waals surface area contributed by atoms with Crippen LogP contribution in [0.3, 0.4) is 0 Å². The molecule has 0 aliphatic carbocycles. The van der Waals surface area contributed by atoms with Crippen molar-refractivity contribution in [3.8, 4) is 10.6 Å². The molecule has 0 spiro atoms. The highest BCUT2D eigenvalue weighted by Crippen LogP contribution is 2.31. The van der Waals surface area contributed by atoms with Crippen molar-refractivity contribution in [2.45, 2.75) is 11.8 Å². The van der Waals surface area contributed by atoms with Gasteiger partial charge in [0.1, 0.15) is 5.01 Å². The van der Waals surface area contributed by atoms with Crippen LogP contribution in [0, 0.1) is 17.0 Å². The Hall–Kier alpha value is -3.30. The molecule has 9 heteroatoms. The molecule has 1 heterocycles. The van der Waals surface area contributed by atoms with Gasteiger partial charge in [-0.3, -0.25) is 14.8 Å². The SMILES string of the molecule is Cc1ccc2nc(-c3ccc(NS(=O)(=O)c4cccc([N+](=O)[O-])c4)cc3)sc2c1. The molecule has 0 aliphatic rings. The highest BCUT2D eigenvalue weighted by atomic mass is 32.2. The number of aryl methyl sites for hydroxylation is 1. The Morgan fingerprint density at radius 2 is 1.79 bits per heavy atom. The minimum Gasteiger partial charge on any atom is -0.280 e. The van der Waals surface area contributed by atoms with Crippen molar-refractivity contribution < 1.29 is 13.3 Å². The summed E-state index contributed by atoms with van der Waals surface area (Å²) in [4.78, 5) is 14.7. The fourth-order valence-corrected chi connectivity index (χ4v) is 4.98. The second kappa shape index (κ2) is 7.26. The van der Waals surface area contributed by atoms with E-state index in [1.54, 1.807) is 35.6 Å². The van der Waals surface area contributed by atoms with E-state index >= 15 is 0 Å². The minimum absolute atomic E-state index is 0.169. The molecule has 7 nitrogen and oxygen atoms in total. The van der Waals surface area contributed by atoms with E-state index in [9.17, 15) is 18.5 Å². The van der Waals surface area contributed by atoms with E-state index in [0.717, 1.165) is 26.9 Å². The smallest absolute Gasteiger partial charge is 0.270 e. The van der Waals surface area contributed by atoms with Crippen LogP contribution in [0.15, 0.2) is 71.6 Å². The van der Waals surface area contributed by atoms with Crippen LogP contribution < -0.4 is 4.72 Å². The van der Waals surface area contributed by atoms with E-state index in [0.29, 0.717) is 5.69 Å². The summed E-state index contributed by atoms with van der Waals surface area (Å²) < 4.78 is 28.6. The average Bonchev–Trinajstić information content (AvgIpc) is 3.11. The largest absolute Gasteiger partial charge is 0.280 e. The number of hydrogen-bond donors (Lipinski definition) is 1. The first-order valence-corrected chi connectivity index (χ1v) is 10.9. The summed E-state index contributed by atoms with van der Waals surface area (Å²) in [7, 11) is -3.94. The van der Waals surface area contributed by atoms with Gasteiger partial charge < -0.3 is 0 Å². The molecule has 0 amide bonds. The van der Waals surface area contributed by atoms with E-state index in [4.69, 9.17) is 0 Å². The lowest BCUT2D eigenvalue weighted by Gasteiger charge is -2.08. The zero-order valence-electron chi connectivity index (χ0n) is 15.2. The van der Waals surface area contributed by atoms with Gasteiger partial charge in [-0.2, -0.15) is 0 Å². The number of nitrogens with one attached hydrogen (secondary N) is 1. The van der Waals surface area contributed by atoms with Crippen LogP contribution in [0.2, 0.25) is 0 Å². The molecular weight excluding hydrogens is 410 g/mol. The van der Waals surface area contributed by atoms with E-state index in [2.05, 4.69) is 15.8 Å². The van der Waals surface area contributed by atoms with Crippen molar-refractivity contribution >= 4 is 43.0 Å². The van der Waals surface area contributed by atoms with Crippen molar-refractivity contribution in [2.75, 3.05) is 4.72 Å². The molecule has 0 atom stereocenters.